The molecule has 84 valence electrons. The van der Waals surface area contributed by atoms with Gasteiger partial charge < -0.3 is 0 Å². The van der Waals surface area contributed by atoms with Gasteiger partial charge in [-0.05, 0) is 46.5 Å². The maximum absolute atomic E-state index is 2.35. The second-order valence-electron chi connectivity index (χ2n) is 5.10. The third-order valence-corrected chi connectivity index (χ3v) is 10.0. The van der Waals surface area contributed by atoms with Gasteiger partial charge >= 0.3 is 0 Å². The number of hydrogen-bond donors (Lipinski definition) is 0. The van der Waals surface area contributed by atoms with Crippen molar-refractivity contribution in [1.29, 1.82) is 0 Å². The normalized spacial score (nSPS) is 44.9. The van der Waals surface area contributed by atoms with Crippen molar-refractivity contribution in [2.45, 2.75) is 29.3 Å². The summed E-state index contributed by atoms with van der Waals surface area (Å²) in [5, 5.41) is 0.878. The minimum atomic E-state index is 0.458. The van der Waals surface area contributed by atoms with Crippen molar-refractivity contribution < 1.29 is 0 Å². The van der Waals surface area contributed by atoms with Crippen LogP contribution in [-0.4, -0.2) is 5.25 Å². The first-order chi connectivity index (χ1) is 7.91. The fraction of sp³-hybridized carbons (Fsp3) is 0.538. The van der Waals surface area contributed by atoms with Crippen molar-refractivity contribution in [1.82, 2.24) is 0 Å². The van der Waals surface area contributed by atoms with Crippen LogP contribution in [-0.2, 0) is 4.75 Å². The summed E-state index contributed by atoms with van der Waals surface area (Å²) in [5.74, 6) is 1.94. The molecular formula is C13H14S3. The molecule has 2 bridgehead atoms. The molecule has 0 unspecified atom stereocenters. The largest absolute Gasteiger partial charge is 0.0769 e. The third kappa shape index (κ3) is 1.17. The van der Waals surface area contributed by atoms with Crippen LogP contribution in [0.5, 0.6) is 0 Å². The molecule has 3 fully saturated rings. The standard InChI is InChI=1S/C13H14S3/c1-2-4-10(5-3-1)13-11-7-6-9(8-11)12(13)14-16-15-13/h1-5,9,11-12H,6-8H2/t9-,11+,12+,13-/m0/s1. The van der Waals surface area contributed by atoms with Crippen LogP contribution < -0.4 is 0 Å². The Morgan fingerprint density at radius 3 is 2.88 bits per heavy atom. The predicted molar refractivity (Wildman–Crippen MR) is 75.5 cm³/mol. The molecule has 1 aromatic carbocycles. The summed E-state index contributed by atoms with van der Waals surface area (Å²) in [4.78, 5) is 0. The summed E-state index contributed by atoms with van der Waals surface area (Å²) in [5.41, 5.74) is 1.59. The highest BCUT2D eigenvalue weighted by Gasteiger charge is 2.62. The quantitative estimate of drug-likeness (QED) is 0.675. The molecule has 0 radical (unpaired) electrons. The van der Waals surface area contributed by atoms with Crippen molar-refractivity contribution in [2.24, 2.45) is 11.8 Å². The lowest BCUT2D eigenvalue weighted by Gasteiger charge is -2.37. The van der Waals surface area contributed by atoms with Crippen LogP contribution in [0.4, 0.5) is 0 Å². The summed E-state index contributed by atoms with van der Waals surface area (Å²) in [6.07, 6.45) is 4.43. The van der Waals surface area contributed by atoms with Crippen LogP contribution in [0.15, 0.2) is 30.3 Å². The van der Waals surface area contributed by atoms with Crippen LogP contribution in [0.1, 0.15) is 24.8 Å². The Balaban J connectivity index is 1.85. The van der Waals surface area contributed by atoms with E-state index in [2.05, 4.69) is 51.9 Å². The van der Waals surface area contributed by atoms with E-state index in [-0.39, 0.29) is 0 Å². The van der Waals surface area contributed by atoms with Gasteiger partial charge in [0.15, 0.2) is 0 Å². The topological polar surface area (TPSA) is 0 Å². The van der Waals surface area contributed by atoms with E-state index in [1.807, 2.05) is 9.83 Å². The molecule has 4 rings (SSSR count). The van der Waals surface area contributed by atoms with E-state index in [1.165, 1.54) is 19.3 Å². The summed E-state index contributed by atoms with van der Waals surface area (Å²) in [7, 11) is 6.35. The van der Waals surface area contributed by atoms with Gasteiger partial charge in [-0.2, -0.15) is 0 Å². The average Bonchev–Trinajstić information content (AvgIpc) is 3.02. The molecule has 1 aromatic rings. The molecule has 0 N–H and O–H groups in total. The van der Waals surface area contributed by atoms with Crippen LogP contribution in [0.3, 0.4) is 0 Å². The van der Waals surface area contributed by atoms with Crippen LogP contribution in [0.2, 0.25) is 0 Å². The van der Waals surface area contributed by atoms with Gasteiger partial charge in [0.2, 0.25) is 0 Å². The van der Waals surface area contributed by atoms with Gasteiger partial charge in [-0.3, -0.25) is 0 Å². The Morgan fingerprint density at radius 2 is 2.00 bits per heavy atom. The fourth-order valence-electron chi connectivity index (χ4n) is 3.79. The van der Waals surface area contributed by atoms with Crippen molar-refractivity contribution in [3.8, 4) is 0 Å². The molecule has 0 aromatic heterocycles. The molecule has 0 spiro atoms. The van der Waals surface area contributed by atoms with Gasteiger partial charge in [0, 0.05) is 5.25 Å². The number of rotatable bonds is 1. The molecule has 2 aliphatic carbocycles. The predicted octanol–water partition coefficient (Wildman–Crippen LogP) is 4.72. The first kappa shape index (κ1) is 10.2. The molecular weight excluding hydrogens is 252 g/mol. The van der Waals surface area contributed by atoms with Gasteiger partial charge in [-0.15, -0.1) is 0 Å². The minimum Gasteiger partial charge on any atom is -0.0769 e. The van der Waals surface area contributed by atoms with Crippen molar-refractivity contribution in [3.05, 3.63) is 35.9 Å². The molecule has 3 heteroatoms. The monoisotopic (exact) mass is 266 g/mol. The molecule has 4 atom stereocenters. The zero-order valence-corrected chi connectivity index (χ0v) is 11.4. The van der Waals surface area contributed by atoms with E-state index >= 15 is 0 Å². The molecule has 0 amide bonds. The van der Waals surface area contributed by atoms with E-state index in [4.69, 9.17) is 0 Å². The van der Waals surface area contributed by atoms with Gasteiger partial charge in [0.05, 0.1) is 4.75 Å². The maximum atomic E-state index is 2.35. The Morgan fingerprint density at radius 1 is 1.12 bits per heavy atom. The smallest absolute Gasteiger partial charge is 0.0677 e. The second kappa shape index (κ2) is 3.63. The molecule has 2 saturated carbocycles. The van der Waals surface area contributed by atoms with Crippen molar-refractivity contribution in [3.63, 3.8) is 0 Å². The highest BCUT2D eigenvalue weighted by Crippen LogP contribution is 2.75. The minimum absolute atomic E-state index is 0.458. The molecule has 16 heavy (non-hydrogen) atoms. The first-order valence-corrected chi connectivity index (χ1v) is 9.52. The SMILES string of the molecule is c1ccc([C@@]23SSS[C@@H]2[C@H]2CC[C@@H]3C2)cc1. The van der Waals surface area contributed by atoms with Crippen LogP contribution in [0, 0.1) is 11.8 Å². The van der Waals surface area contributed by atoms with Crippen molar-refractivity contribution >= 4 is 31.4 Å². The molecule has 3 aliphatic rings. The van der Waals surface area contributed by atoms with Crippen LogP contribution in [0.25, 0.3) is 0 Å². The van der Waals surface area contributed by atoms with Gasteiger partial charge in [-0.1, -0.05) is 51.9 Å². The Hall–Kier alpha value is 0.270. The highest BCUT2D eigenvalue weighted by atomic mass is 33.5. The average molecular weight is 266 g/mol. The third-order valence-electron chi connectivity index (χ3n) is 4.47. The van der Waals surface area contributed by atoms with Crippen LogP contribution >= 0.6 is 31.4 Å². The number of hydrogen-bond acceptors (Lipinski definition) is 3. The summed E-state index contributed by atoms with van der Waals surface area (Å²) in [6, 6.07) is 11.3. The zero-order valence-electron chi connectivity index (χ0n) is 8.96. The van der Waals surface area contributed by atoms with E-state index in [0.29, 0.717) is 4.75 Å². The van der Waals surface area contributed by atoms with E-state index in [0.717, 1.165) is 17.1 Å². The molecule has 0 nitrogen and oxygen atoms in total. The lowest BCUT2D eigenvalue weighted by atomic mass is 9.82. The second-order valence-corrected chi connectivity index (χ2v) is 9.49. The molecule has 1 heterocycles. The molecule has 1 saturated heterocycles. The maximum Gasteiger partial charge on any atom is 0.0677 e. The zero-order chi connectivity index (χ0) is 10.6. The Labute approximate surface area is 108 Å². The summed E-state index contributed by atoms with van der Waals surface area (Å²) in [6.45, 7) is 0. The van der Waals surface area contributed by atoms with E-state index in [9.17, 15) is 0 Å². The van der Waals surface area contributed by atoms with Gasteiger partial charge in [0.1, 0.15) is 0 Å². The number of fused-ring (bicyclic) bond motifs is 5. The lowest BCUT2D eigenvalue weighted by molar-refractivity contribution is 0.397. The van der Waals surface area contributed by atoms with Gasteiger partial charge in [0.25, 0.3) is 0 Å². The van der Waals surface area contributed by atoms with Crippen molar-refractivity contribution in [2.75, 3.05) is 0 Å². The number of benzene rings is 1. The highest BCUT2D eigenvalue weighted by molar-refractivity contribution is 9.11. The Bertz CT molecular complexity index is 405. The van der Waals surface area contributed by atoms with E-state index < -0.39 is 0 Å². The fourth-order valence-corrected chi connectivity index (χ4v) is 11.2. The summed E-state index contributed by atoms with van der Waals surface area (Å²) >= 11 is 0. The van der Waals surface area contributed by atoms with Gasteiger partial charge in [-0.25, -0.2) is 0 Å². The first-order valence-electron chi connectivity index (χ1n) is 5.98. The summed E-state index contributed by atoms with van der Waals surface area (Å²) < 4.78 is 0.458. The molecule has 1 aliphatic heterocycles. The van der Waals surface area contributed by atoms with E-state index in [1.54, 1.807) is 5.56 Å². The Kier molecular flexibility index (Phi) is 2.32. The lowest BCUT2D eigenvalue weighted by Crippen LogP contribution is -2.36.